The van der Waals surface area contributed by atoms with Crippen LogP contribution in [0.15, 0.2) is 36.7 Å². The van der Waals surface area contributed by atoms with Gasteiger partial charge in [0, 0.05) is 30.0 Å². The van der Waals surface area contributed by atoms with Gasteiger partial charge in [-0.3, -0.25) is 0 Å². The van der Waals surface area contributed by atoms with Gasteiger partial charge in [-0.1, -0.05) is 11.6 Å². The Morgan fingerprint density at radius 2 is 2.37 bits per heavy atom. The Morgan fingerprint density at radius 1 is 1.42 bits per heavy atom. The summed E-state index contributed by atoms with van der Waals surface area (Å²) in [7, 11) is 0. The van der Waals surface area contributed by atoms with Gasteiger partial charge in [-0.25, -0.2) is 4.68 Å². The molecule has 4 nitrogen and oxygen atoms in total. The van der Waals surface area contributed by atoms with Crippen molar-refractivity contribution in [3.63, 3.8) is 0 Å². The van der Waals surface area contributed by atoms with Crippen LogP contribution in [0.2, 0.25) is 5.02 Å². The van der Waals surface area contributed by atoms with E-state index in [1.165, 1.54) is 12.8 Å². The van der Waals surface area contributed by atoms with E-state index in [0.717, 1.165) is 29.5 Å². The standard InChI is InChI=1S/C14H17ClN4/c15-11-4-5-14(19-8-2-7-17-19)13(9-11)18-12-3-1-6-16-10-12/h2,4-5,7-9,12,16,18H,1,3,6,10H2. The molecule has 0 bridgehead atoms. The van der Waals surface area contributed by atoms with E-state index in [2.05, 4.69) is 15.7 Å². The topological polar surface area (TPSA) is 41.9 Å². The molecule has 1 unspecified atom stereocenters. The summed E-state index contributed by atoms with van der Waals surface area (Å²) < 4.78 is 1.86. The number of nitrogens with one attached hydrogen (secondary N) is 2. The minimum absolute atomic E-state index is 0.446. The van der Waals surface area contributed by atoms with Crippen LogP contribution in [0.1, 0.15) is 12.8 Å². The lowest BCUT2D eigenvalue weighted by molar-refractivity contribution is 0.479. The number of hydrogen-bond donors (Lipinski definition) is 2. The van der Waals surface area contributed by atoms with E-state index in [9.17, 15) is 0 Å². The molecule has 0 radical (unpaired) electrons. The van der Waals surface area contributed by atoms with Crippen LogP contribution in [0.3, 0.4) is 0 Å². The quantitative estimate of drug-likeness (QED) is 0.906. The van der Waals surface area contributed by atoms with Crippen molar-refractivity contribution < 1.29 is 0 Å². The summed E-state index contributed by atoms with van der Waals surface area (Å²) in [4.78, 5) is 0. The van der Waals surface area contributed by atoms with Crippen LogP contribution < -0.4 is 10.6 Å². The molecule has 2 heterocycles. The summed E-state index contributed by atoms with van der Waals surface area (Å²) in [6, 6.07) is 8.21. The Labute approximate surface area is 117 Å². The van der Waals surface area contributed by atoms with E-state index in [1.807, 2.05) is 35.1 Å². The average molecular weight is 277 g/mol. The molecule has 0 amide bonds. The monoisotopic (exact) mass is 276 g/mol. The van der Waals surface area contributed by atoms with Crippen molar-refractivity contribution in [3.05, 3.63) is 41.7 Å². The number of halogens is 1. The maximum absolute atomic E-state index is 6.11. The highest BCUT2D eigenvalue weighted by atomic mass is 35.5. The minimum atomic E-state index is 0.446. The van der Waals surface area contributed by atoms with Crippen molar-refractivity contribution in [2.45, 2.75) is 18.9 Å². The molecule has 2 N–H and O–H groups in total. The van der Waals surface area contributed by atoms with Gasteiger partial charge >= 0.3 is 0 Å². The van der Waals surface area contributed by atoms with Crippen molar-refractivity contribution in [1.82, 2.24) is 15.1 Å². The first-order valence-electron chi connectivity index (χ1n) is 6.60. The predicted molar refractivity (Wildman–Crippen MR) is 78.1 cm³/mol. The van der Waals surface area contributed by atoms with E-state index >= 15 is 0 Å². The van der Waals surface area contributed by atoms with E-state index in [4.69, 9.17) is 11.6 Å². The van der Waals surface area contributed by atoms with Gasteiger partial charge in [-0.15, -0.1) is 0 Å². The van der Waals surface area contributed by atoms with Gasteiger partial charge in [0.25, 0.3) is 0 Å². The van der Waals surface area contributed by atoms with Gasteiger partial charge < -0.3 is 10.6 Å². The number of benzene rings is 1. The van der Waals surface area contributed by atoms with Crippen LogP contribution in [0.4, 0.5) is 5.69 Å². The largest absolute Gasteiger partial charge is 0.379 e. The molecule has 1 saturated heterocycles. The van der Waals surface area contributed by atoms with Crippen molar-refractivity contribution in [2.75, 3.05) is 18.4 Å². The molecule has 5 heteroatoms. The number of piperidine rings is 1. The molecule has 1 aliphatic rings. The summed E-state index contributed by atoms with van der Waals surface area (Å²) in [5.74, 6) is 0. The Balaban J connectivity index is 1.88. The predicted octanol–water partition coefficient (Wildman–Crippen LogP) is 2.69. The number of anilines is 1. The maximum atomic E-state index is 6.11. The van der Waals surface area contributed by atoms with Gasteiger partial charge in [0.05, 0.1) is 11.4 Å². The number of rotatable bonds is 3. The summed E-state index contributed by atoms with van der Waals surface area (Å²) in [5, 5.41) is 12.0. The number of nitrogens with zero attached hydrogens (tertiary/aromatic N) is 2. The summed E-state index contributed by atoms with van der Waals surface area (Å²) in [5.41, 5.74) is 2.06. The highest BCUT2D eigenvalue weighted by Gasteiger charge is 2.15. The lowest BCUT2D eigenvalue weighted by Crippen LogP contribution is -2.38. The molecule has 0 spiro atoms. The third-order valence-corrected chi connectivity index (χ3v) is 3.60. The minimum Gasteiger partial charge on any atom is -0.379 e. The lowest BCUT2D eigenvalue weighted by atomic mass is 10.1. The first-order chi connectivity index (χ1) is 9.33. The number of hydrogen-bond acceptors (Lipinski definition) is 3. The van der Waals surface area contributed by atoms with Crippen molar-refractivity contribution in [1.29, 1.82) is 0 Å². The normalized spacial score (nSPS) is 19.3. The Hall–Kier alpha value is -1.52. The fourth-order valence-electron chi connectivity index (χ4n) is 2.43. The second-order valence-electron chi connectivity index (χ2n) is 4.80. The van der Waals surface area contributed by atoms with Crippen molar-refractivity contribution >= 4 is 17.3 Å². The van der Waals surface area contributed by atoms with E-state index in [-0.39, 0.29) is 0 Å². The van der Waals surface area contributed by atoms with Crippen LogP contribution in [-0.2, 0) is 0 Å². The highest BCUT2D eigenvalue weighted by molar-refractivity contribution is 6.31. The molecule has 3 rings (SSSR count). The molecule has 100 valence electrons. The van der Waals surface area contributed by atoms with Crippen LogP contribution in [0.25, 0.3) is 5.69 Å². The van der Waals surface area contributed by atoms with Gasteiger partial charge in [-0.2, -0.15) is 5.10 Å². The zero-order valence-corrected chi connectivity index (χ0v) is 11.4. The molecular formula is C14H17ClN4. The molecular weight excluding hydrogens is 260 g/mol. The van der Waals surface area contributed by atoms with Gasteiger partial charge in [0.15, 0.2) is 0 Å². The van der Waals surface area contributed by atoms with Crippen molar-refractivity contribution in [3.8, 4) is 5.69 Å². The van der Waals surface area contributed by atoms with Gasteiger partial charge in [0.1, 0.15) is 0 Å². The van der Waals surface area contributed by atoms with Crippen LogP contribution in [0, 0.1) is 0 Å². The number of aromatic nitrogens is 2. The molecule has 1 aromatic heterocycles. The average Bonchev–Trinajstić information content (AvgIpc) is 2.94. The van der Waals surface area contributed by atoms with Gasteiger partial charge in [-0.05, 0) is 43.7 Å². The third kappa shape index (κ3) is 2.91. The second-order valence-corrected chi connectivity index (χ2v) is 5.24. The van der Waals surface area contributed by atoms with E-state index in [0.29, 0.717) is 6.04 Å². The first-order valence-corrected chi connectivity index (χ1v) is 6.97. The molecule has 1 aliphatic heterocycles. The maximum Gasteiger partial charge on any atom is 0.0877 e. The zero-order valence-electron chi connectivity index (χ0n) is 10.6. The molecule has 2 aromatic rings. The molecule has 1 atom stereocenters. The Kier molecular flexibility index (Phi) is 3.71. The van der Waals surface area contributed by atoms with Crippen LogP contribution in [-0.4, -0.2) is 28.9 Å². The molecule has 1 aromatic carbocycles. The summed E-state index contributed by atoms with van der Waals surface area (Å²) >= 11 is 6.11. The fourth-order valence-corrected chi connectivity index (χ4v) is 2.60. The molecule has 1 fully saturated rings. The highest BCUT2D eigenvalue weighted by Crippen LogP contribution is 2.25. The zero-order chi connectivity index (χ0) is 13.1. The van der Waals surface area contributed by atoms with Crippen LogP contribution in [0.5, 0.6) is 0 Å². The third-order valence-electron chi connectivity index (χ3n) is 3.37. The molecule has 19 heavy (non-hydrogen) atoms. The Morgan fingerprint density at radius 3 is 3.11 bits per heavy atom. The first kappa shape index (κ1) is 12.5. The summed E-state index contributed by atoms with van der Waals surface area (Å²) in [6.07, 6.45) is 6.10. The van der Waals surface area contributed by atoms with Crippen molar-refractivity contribution in [2.24, 2.45) is 0 Å². The SMILES string of the molecule is Clc1ccc(-n2cccn2)c(NC2CCCNC2)c1. The molecule has 0 saturated carbocycles. The fraction of sp³-hybridized carbons (Fsp3) is 0.357. The van der Waals surface area contributed by atoms with E-state index in [1.54, 1.807) is 6.20 Å². The Bertz CT molecular complexity index is 532. The summed E-state index contributed by atoms with van der Waals surface area (Å²) in [6.45, 7) is 2.10. The van der Waals surface area contributed by atoms with Crippen LogP contribution >= 0.6 is 11.6 Å². The van der Waals surface area contributed by atoms with E-state index < -0.39 is 0 Å². The lowest BCUT2D eigenvalue weighted by Gasteiger charge is -2.26. The van der Waals surface area contributed by atoms with Gasteiger partial charge in [0.2, 0.25) is 0 Å². The smallest absolute Gasteiger partial charge is 0.0877 e. The second kappa shape index (κ2) is 5.63. The molecule has 0 aliphatic carbocycles.